The second-order valence-electron chi connectivity index (χ2n) is 3.17. The lowest BCUT2D eigenvalue weighted by atomic mass is 9.86. The van der Waals surface area contributed by atoms with Gasteiger partial charge in [-0.1, -0.05) is 6.08 Å². The van der Waals surface area contributed by atoms with Gasteiger partial charge in [0.2, 0.25) is 0 Å². The zero-order chi connectivity index (χ0) is 9.42. The standard InChI is InChI=1S/C10H8F2O/c11-9-4-2-6-1-3-7(13)5-8(6)10(9)12/h2,4-5,10H,1,3H2. The molecule has 0 saturated carbocycles. The van der Waals surface area contributed by atoms with Crippen LogP contribution in [-0.4, -0.2) is 12.0 Å². The molecule has 68 valence electrons. The van der Waals surface area contributed by atoms with Crippen LogP contribution >= 0.6 is 0 Å². The van der Waals surface area contributed by atoms with Crippen molar-refractivity contribution in [2.24, 2.45) is 0 Å². The lowest BCUT2D eigenvalue weighted by molar-refractivity contribution is -0.114. The van der Waals surface area contributed by atoms with Crippen molar-refractivity contribution in [3.63, 3.8) is 0 Å². The van der Waals surface area contributed by atoms with Gasteiger partial charge in [-0.2, -0.15) is 0 Å². The number of carbonyl (C=O) groups excluding carboxylic acids is 1. The molecule has 0 aliphatic heterocycles. The molecule has 2 aliphatic carbocycles. The number of rotatable bonds is 0. The first kappa shape index (κ1) is 8.35. The summed E-state index contributed by atoms with van der Waals surface area (Å²) < 4.78 is 25.9. The number of carbonyl (C=O) groups is 1. The number of alkyl halides is 1. The van der Waals surface area contributed by atoms with E-state index < -0.39 is 12.0 Å². The number of hydrogen-bond donors (Lipinski definition) is 0. The number of allylic oxidation sites excluding steroid dienone is 6. The SMILES string of the molecule is O=C1C=C2C(=CC=C(F)C2F)CC1. The molecule has 0 aromatic rings. The molecule has 13 heavy (non-hydrogen) atoms. The highest BCUT2D eigenvalue weighted by Crippen LogP contribution is 2.33. The van der Waals surface area contributed by atoms with E-state index in [1.165, 1.54) is 6.08 Å². The molecule has 2 aliphatic rings. The van der Waals surface area contributed by atoms with Gasteiger partial charge in [0, 0.05) is 6.42 Å². The van der Waals surface area contributed by atoms with Crippen molar-refractivity contribution >= 4 is 5.78 Å². The molecule has 0 amide bonds. The normalized spacial score (nSPS) is 27.4. The first-order valence-electron chi connectivity index (χ1n) is 4.13. The topological polar surface area (TPSA) is 17.1 Å². The summed E-state index contributed by atoms with van der Waals surface area (Å²) in [6.07, 6.45) is 3.08. The van der Waals surface area contributed by atoms with Crippen molar-refractivity contribution in [2.75, 3.05) is 0 Å². The predicted octanol–water partition coefficient (Wildman–Crippen LogP) is 2.41. The van der Waals surface area contributed by atoms with E-state index >= 15 is 0 Å². The van der Waals surface area contributed by atoms with Crippen LogP contribution in [0, 0.1) is 0 Å². The third kappa shape index (κ3) is 1.34. The summed E-state index contributed by atoms with van der Waals surface area (Å²) >= 11 is 0. The summed E-state index contributed by atoms with van der Waals surface area (Å²) in [4.78, 5) is 11.0. The monoisotopic (exact) mass is 182 g/mol. The molecule has 1 atom stereocenters. The summed E-state index contributed by atoms with van der Waals surface area (Å²) in [6, 6.07) is 0. The Labute approximate surface area is 74.4 Å². The van der Waals surface area contributed by atoms with E-state index in [-0.39, 0.29) is 11.4 Å². The summed E-state index contributed by atoms with van der Waals surface area (Å²) in [6.45, 7) is 0. The van der Waals surface area contributed by atoms with E-state index in [1.807, 2.05) is 0 Å². The molecule has 0 heterocycles. The van der Waals surface area contributed by atoms with Gasteiger partial charge in [0.05, 0.1) is 0 Å². The van der Waals surface area contributed by atoms with E-state index in [0.29, 0.717) is 12.8 Å². The molecule has 3 heteroatoms. The molecule has 0 fully saturated rings. The van der Waals surface area contributed by atoms with Crippen LogP contribution in [0.25, 0.3) is 0 Å². The molecule has 0 aromatic heterocycles. The lowest BCUT2D eigenvalue weighted by Crippen LogP contribution is -2.17. The van der Waals surface area contributed by atoms with E-state index in [9.17, 15) is 13.6 Å². The lowest BCUT2D eigenvalue weighted by Gasteiger charge is -2.21. The second kappa shape index (κ2) is 2.91. The Morgan fingerprint density at radius 3 is 2.85 bits per heavy atom. The Kier molecular flexibility index (Phi) is 1.87. The molecule has 0 saturated heterocycles. The van der Waals surface area contributed by atoms with Crippen molar-refractivity contribution < 1.29 is 13.6 Å². The van der Waals surface area contributed by atoms with Crippen molar-refractivity contribution in [1.82, 2.24) is 0 Å². The van der Waals surface area contributed by atoms with E-state index in [1.54, 1.807) is 6.08 Å². The Morgan fingerprint density at radius 2 is 2.08 bits per heavy atom. The Hall–Kier alpha value is -1.25. The van der Waals surface area contributed by atoms with Crippen LogP contribution in [-0.2, 0) is 4.79 Å². The summed E-state index contributed by atoms with van der Waals surface area (Å²) in [5.41, 5.74) is 0.949. The van der Waals surface area contributed by atoms with Crippen molar-refractivity contribution in [2.45, 2.75) is 19.0 Å². The van der Waals surface area contributed by atoms with Gasteiger partial charge in [0.25, 0.3) is 0 Å². The maximum Gasteiger partial charge on any atom is 0.177 e. The minimum Gasteiger partial charge on any atom is -0.295 e. The van der Waals surface area contributed by atoms with Crippen LogP contribution in [0.3, 0.4) is 0 Å². The van der Waals surface area contributed by atoms with Crippen LogP contribution in [0.4, 0.5) is 8.78 Å². The second-order valence-corrected chi connectivity index (χ2v) is 3.17. The largest absolute Gasteiger partial charge is 0.295 e. The highest BCUT2D eigenvalue weighted by atomic mass is 19.2. The number of ketones is 1. The van der Waals surface area contributed by atoms with Crippen molar-refractivity contribution in [3.8, 4) is 0 Å². The molecule has 2 rings (SSSR count). The van der Waals surface area contributed by atoms with Gasteiger partial charge in [-0.25, -0.2) is 8.78 Å². The fraction of sp³-hybridized carbons (Fsp3) is 0.300. The number of fused-ring (bicyclic) bond motifs is 1. The van der Waals surface area contributed by atoms with E-state index in [2.05, 4.69) is 0 Å². The van der Waals surface area contributed by atoms with Gasteiger partial charge in [-0.15, -0.1) is 0 Å². The molecule has 0 aromatic carbocycles. The van der Waals surface area contributed by atoms with Gasteiger partial charge in [-0.3, -0.25) is 4.79 Å². The zero-order valence-electron chi connectivity index (χ0n) is 6.89. The Bertz CT molecular complexity index is 350. The number of halogens is 2. The van der Waals surface area contributed by atoms with Crippen LogP contribution in [0.5, 0.6) is 0 Å². The third-order valence-electron chi connectivity index (χ3n) is 2.29. The van der Waals surface area contributed by atoms with Crippen molar-refractivity contribution in [1.29, 1.82) is 0 Å². The van der Waals surface area contributed by atoms with E-state index in [4.69, 9.17) is 0 Å². The molecule has 0 N–H and O–H groups in total. The van der Waals surface area contributed by atoms with Gasteiger partial charge >= 0.3 is 0 Å². The smallest absolute Gasteiger partial charge is 0.177 e. The maximum absolute atomic E-state index is 13.2. The van der Waals surface area contributed by atoms with Crippen LogP contribution in [0.1, 0.15) is 12.8 Å². The minimum atomic E-state index is -1.73. The quantitative estimate of drug-likeness (QED) is 0.562. The molecule has 1 unspecified atom stereocenters. The fourth-order valence-electron chi connectivity index (χ4n) is 1.57. The molecule has 0 radical (unpaired) electrons. The van der Waals surface area contributed by atoms with Gasteiger partial charge < -0.3 is 0 Å². The average molecular weight is 182 g/mol. The van der Waals surface area contributed by atoms with Gasteiger partial charge in [-0.05, 0) is 29.7 Å². The fourth-order valence-corrected chi connectivity index (χ4v) is 1.57. The summed E-state index contributed by atoms with van der Waals surface area (Å²) in [5.74, 6) is -0.936. The van der Waals surface area contributed by atoms with E-state index in [0.717, 1.165) is 11.6 Å². The third-order valence-corrected chi connectivity index (χ3v) is 2.29. The molecule has 0 spiro atoms. The van der Waals surface area contributed by atoms with Crippen LogP contribution in [0.15, 0.2) is 35.2 Å². The predicted molar refractivity (Wildman–Crippen MR) is 44.5 cm³/mol. The molecular formula is C10H8F2O. The van der Waals surface area contributed by atoms with Crippen LogP contribution in [0.2, 0.25) is 0 Å². The highest BCUT2D eigenvalue weighted by Gasteiger charge is 2.27. The van der Waals surface area contributed by atoms with Gasteiger partial charge in [0.15, 0.2) is 12.0 Å². The Balaban J connectivity index is 2.44. The molecule has 1 nitrogen and oxygen atoms in total. The first-order valence-corrected chi connectivity index (χ1v) is 4.13. The van der Waals surface area contributed by atoms with Gasteiger partial charge in [0.1, 0.15) is 5.83 Å². The highest BCUT2D eigenvalue weighted by molar-refractivity contribution is 5.93. The first-order chi connectivity index (χ1) is 6.18. The Morgan fingerprint density at radius 1 is 1.31 bits per heavy atom. The molecular weight excluding hydrogens is 174 g/mol. The molecule has 0 bridgehead atoms. The van der Waals surface area contributed by atoms with Crippen molar-refractivity contribution in [3.05, 3.63) is 35.2 Å². The zero-order valence-corrected chi connectivity index (χ0v) is 6.89. The minimum absolute atomic E-state index is 0.121. The summed E-state index contributed by atoms with van der Waals surface area (Å²) in [7, 11) is 0. The summed E-state index contributed by atoms with van der Waals surface area (Å²) in [5, 5.41) is 0. The maximum atomic E-state index is 13.2. The van der Waals surface area contributed by atoms with Crippen LogP contribution < -0.4 is 0 Å². The number of hydrogen-bond acceptors (Lipinski definition) is 1. The average Bonchev–Trinajstić information content (AvgIpc) is 2.12.